The third kappa shape index (κ3) is 1.53. The zero-order valence-electron chi connectivity index (χ0n) is 9.43. The number of hydrogen-bond donors (Lipinski definition) is 0. The van der Waals surface area contributed by atoms with Crippen molar-refractivity contribution in [2.24, 2.45) is 0 Å². The summed E-state index contributed by atoms with van der Waals surface area (Å²) in [4.78, 5) is 14.1. The first-order valence-electron chi connectivity index (χ1n) is 6.22. The van der Waals surface area contributed by atoms with Gasteiger partial charge < -0.3 is 4.90 Å². The standard InChI is InChI=1S/C14H17NO/c16-14-8-4-7-12-9-10-13(15(12)14)11-5-2-1-3-6-11/h1-3,5-6,12-13H,4,7-10H2. The smallest absolute Gasteiger partial charge is 0.223 e. The van der Waals surface area contributed by atoms with Crippen LogP contribution in [0.15, 0.2) is 30.3 Å². The molecule has 2 fully saturated rings. The van der Waals surface area contributed by atoms with Gasteiger partial charge in [-0.1, -0.05) is 30.3 Å². The van der Waals surface area contributed by atoms with E-state index in [2.05, 4.69) is 29.2 Å². The molecule has 2 unspecified atom stereocenters. The maximum atomic E-state index is 12.0. The van der Waals surface area contributed by atoms with E-state index in [9.17, 15) is 4.79 Å². The van der Waals surface area contributed by atoms with Crippen LogP contribution in [0.1, 0.15) is 43.7 Å². The van der Waals surface area contributed by atoms with Crippen molar-refractivity contribution in [2.45, 2.75) is 44.2 Å². The second-order valence-corrected chi connectivity index (χ2v) is 4.85. The van der Waals surface area contributed by atoms with Gasteiger partial charge in [-0.05, 0) is 31.2 Å². The first-order valence-corrected chi connectivity index (χ1v) is 6.22. The number of piperidine rings is 1. The van der Waals surface area contributed by atoms with Gasteiger partial charge >= 0.3 is 0 Å². The fourth-order valence-electron chi connectivity index (χ4n) is 3.16. The lowest BCUT2D eigenvalue weighted by Crippen LogP contribution is -2.40. The summed E-state index contributed by atoms with van der Waals surface area (Å²) < 4.78 is 0. The quantitative estimate of drug-likeness (QED) is 0.705. The van der Waals surface area contributed by atoms with Gasteiger partial charge in [-0.25, -0.2) is 0 Å². The monoisotopic (exact) mass is 215 g/mol. The highest BCUT2D eigenvalue weighted by atomic mass is 16.2. The van der Waals surface area contributed by atoms with E-state index >= 15 is 0 Å². The lowest BCUT2D eigenvalue weighted by atomic mass is 10.0. The molecule has 0 radical (unpaired) electrons. The molecule has 16 heavy (non-hydrogen) atoms. The molecular formula is C14H17NO. The lowest BCUT2D eigenvalue weighted by Gasteiger charge is -2.34. The summed E-state index contributed by atoms with van der Waals surface area (Å²) in [6.45, 7) is 0. The van der Waals surface area contributed by atoms with Gasteiger partial charge in [-0.3, -0.25) is 4.79 Å². The van der Waals surface area contributed by atoms with Gasteiger partial charge in [0, 0.05) is 12.5 Å². The number of rotatable bonds is 1. The van der Waals surface area contributed by atoms with Crippen LogP contribution in [0.4, 0.5) is 0 Å². The topological polar surface area (TPSA) is 20.3 Å². The Labute approximate surface area is 96.3 Å². The van der Waals surface area contributed by atoms with E-state index in [1.165, 1.54) is 18.4 Å². The van der Waals surface area contributed by atoms with Crippen LogP contribution in [-0.2, 0) is 4.79 Å². The van der Waals surface area contributed by atoms with Crippen LogP contribution < -0.4 is 0 Å². The minimum Gasteiger partial charge on any atom is -0.333 e. The molecule has 1 aromatic rings. The molecule has 84 valence electrons. The number of fused-ring (bicyclic) bond motifs is 1. The van der Waals surface area contributed by atoms with Crippen LogP contribution in [0.3, 0.4) is 0 Å². The van der Waals surface area contributed by atoms with Gasteiger partial charge in [0.2, 0.25) is 5.91 Å². The van der Waals surface area contributed by atoms with Gasteiger partial charge in [0.25, 0.3) is 0 Å². The van der Waals surface area contributed by atoms with Crippen LogP contribution in [0.2, 0.25) is 0 Å². The van der Waals surface area contributed by atoms with Gasteiger partial charge in [-0.2, -0.15) is 0 Å². The van der Waals surface area contributed by atoms with Gasteiger partial charge in [0.15, 0.2) is 0 Å². The van der Waals surface area contributed by atoms with Crippen LogP contribution in [0.5, 0.6) is 0 Å². The molecule has 0 spiro atoms. The van der Waals surface area contributed by atoms with E-state index in [4.69, 9.17) is 0 Å². The minimum atomic E-state index is 0.346. The molecule has 2 heterocycles. The Morgan fingerprint density at radius 2 is 1.88 bits per heavy atom. The maximum Gasteiger partial charge on any atom is 0.223 e. The van der Waals surface area contributed by atoms with E-state index in [0.717, 1.165) is 19.3 Å². The Balaban J connectivity index is 1.89. The Morgan fingerprint density at radius 3 is 2.69 bits per heavy atom. The summed E-state index contributed by atoms with van der Waals surface area (Å²) in [5, 5.41) is 0. The third-order valence-corrected chi connectivity index (χ3v) is 3.90. The Hall–Kier alpha value is -1.31. The van der Waals surface area contributed by atoms with E-state index < -0.39 is 0 Å². The van der Waals surface area contributed by atoms with Crippen LogP contribution in [0.25, 0.3) is 0 Å². The summed E-state index contributed by atoms with van der Waals surface area (Å²) in [5.74, 6) is 0.364. The largest absolute Gasteiger partial charge is 0.333 e. The molecule has 2 atom stereocenters. The molecule has 1 aromatic carbocycles. The summed E-state index contributed by atoms with van der Waals surface area (Å²) in [5.41, 5.74) is 1.31. The van der Waals surface area contributed by atoms with Crippen molar-refractivity contribution in [3.05, 3.63) is 35.9 Å². The molecule has 0 saturated carbocycles. The first kappa shape index (κ1) is 9.88. The van der Waals surface area contributed by atoms with Crippen LogP contribution in [0, 0.1) is 0 Å². The van der Waals surface area contributed by atoms with Crippen molar-refractivity contribution in [1.29, 1.82) is 0 Å². The maximum absolute atomic E-state index is 12.0. The molecule has 1 amide bonds. The molecule has 2 aliphatic heterocycles. The van der Waals surface area contributed by atoms with E-state index in [1.807, 2.05) is 6.07 Å². The minimum absolute atomic E-state index is 0.346. The lowest BCUT2D eigenvalue weighted by molar-refractivity contribution is -0.136. The highest BCUT2D eigenvalue weighted by Crippen LogP contribution is 2.40. The second kappa shape index (κ2) is 3.93. The first-order chi connectivity index (χ1) is 7.86. The number of carbonyl (C=O) groups excluding carboxylic acids is 1. The summed E-state index contributed by atoms with van der Waals surface area (Å²) >= 11 is 0. The third-order valence-electron chi connectivity index (χ3n) is 3.90. The molecule has 2 heteroatoms. The second-order valence-electron chi connectivity index (χ2n) is 4.85. The molecule has 2 nitrogen and oxygen atoms in total. The predicted molar refractivity (Wildman–Crippen MR) is 62.9 cm³/mol. The number of nitrogens with zero attached hydrogens (tertiary/aromatic N) is 1. The van der Waals surface area contributed by atoms with Gasteiger partial charge in [-0.15, -0.1) is 0 Å². The molecule has 0 N–H and O–H groups in total. The fourth-order valence-corrected chi connectivity index (χ4v) is 3.16. The van der Waals surface area contributed by atoms with Crippen molar-refractivity contribution in [3.8, 4) is 0 Å². The average molecular weight is 215 g/mol. The molecule has 0 aliphatic carbocycles. The zero-order chi connectivity index (χ0) is 11.0. The van der Waals surface area contributed by atoms with Crippen molar-refractivity contribution in [1.82, 2.24) is 4.90 Å². The highest BCUT2D eigenvalue weighted by Gasteiger charge is 2.39. The Bertz CT molecular complexity index is 387. The Kier molecular flexibility index (Phi) is 2.43. The zero-order valence-corrected chi connectivity index (χ0v) is 9.43. The SMILES string of the molecule is O=C1CCCC2CCC(c3ccccc3)N12. The summed E-state index contributed by atoms with van der Waals surface area (Å²) in [7, 11) is 0. The van der Waals surface area contributed by atoms with E-state index in [1.54, 1.807) is 0 Å². The molecule has 3 rings (SSSR count). The van der Waals surface area contributed by atoms with Crippen LogP contribution in [-0.4, -0.2) is 16.8 Å². The normalized spacial score (nSPS) is 29.2. The van der Waals surface area contributed by atoms with Crippen molar-refractivity contribution < 1.29 is 4.79 Å². The van der Waals surface area contributed by atoms with Crippen molar-refractivity contribution in [3.63, 3.8) is 0 Å². The number of hydrogen-bond acceptors (Lipinski definition) is 1. The average Bonchev–Trinajstić information content (AvgIpc) is 2.75. The molecule has 0 aromatic heterocycles. The Morgan fingerprint density at radius 1 is 1.06 bits per heavy atom. The van der Waals surface area contributed by atoms with Crippen LogP contribution >= 0.6 is 0 Å². The van der Waals surface area contributed by atoms with Gasteiger partial charge in [0.05, 0.1) is 6.04 Å². The van der Waals surface area contributed by atoms with E-state index in [-0.39, 0.29) is 0 Å². The summed E-state index contributed by atoms with van der Waals surface area (Å²) in [6.07, 6.45) is 5.36. The molecular weight excluding hydrogens is 198 g/mol. The number of carbonyl (C=O) groups is 1. The predicted octanol–water partition coefficient (Wildman–Crippen LogP) is 2.90. The van der Waals surface area contributed by atoms with Crippen molar-refractivity contribution in [2.75, 3.05) is 0 Å². The molecule has 2 aliphatic rings. The fraction of sp³-hybridized carbons (Fsp3) is 0.500. The molecule has 0 bridgehead atoms. The summed E-state index contributed by atoms with van der Waals surface area (Å²) in [6, 6.07) is 11.3. The highest BCUT2D eigenvalue weighted by molar-refractivity contribution is 5.78. The molecule has 2 saturated heterocycles. The van der Waals surface area contributed by atoms with E-state index in [0.29, 0.717) is 18.0 Å². The van der Waals surface area contributed by atoms with Gasteiger partial charge in [0.1, 0.15) is 0 Å². The number of amides is 1. The van der Waals surface area contributed by atoms with Crippen molar-refractivity contribution >= 4 is 5.91 Å². The number of benzene rings is 1.